The highest BCUT2D eigenvalue weighted by atomic mass is 16.5. The maximum atomic E-state index is 9.97. The summed E-state index contributed by atoms with van der Waals surface area (Å²) >= 11 is 0. The highest BCUT2D eigenvalue weighted by Gasteiger charge is 2.05. The number of aromatic hydroxyl groups is 1. The van der Waals surface area contributed by atoms with Crippen LogP contribution in [0.3, 0.4) is 0 Å². The van der Waals surface area contributed by atoms with Crippen molar-refractivity contribution in [3.05, 3.63) is 41.2 Å². The second-order valence-corrected chi connectivity index (χ2v) is 6.12. The van der Waals surface area contributed by atoms with Crippen molar-refractivity contribution in [2.75, 3.05) is 20.2 Å². The summed E-state index contributed by atoms with van der Waals surface area (Å²) in [5.41, 5.74) is 2.95. The zero-order valence-electron chi connectivity index (χ0n) is 16.0. The number of aliphatic imine (C=N–C) groups is 1. The number of aromatic nitrogens is 2. The van der Waals surface area contributed by atoms with Crippen LogP contribution < -0.4 is 15.4 Å². The summed E-state index contributed by atoms with van der Waals surface area (Å²) in [6.45, 7) is 8.89. The molecule has 3 N–H and O–H groups in total. The van der Waals surface area contributed by atoms with E-state index in [4.69, 9.17) is 4.74 Å². The Bertz CT molecular complexity index is 740. The first-order valence-corrected chi connectivity index (χ1v) is 8.92. The molecule has 0 fully saturated rings. The van der Waals surface area contributed by atoms with Crippen molar-refractivity contribution in [3.63, 3.8) is 0 Å². The van der Waals surface area contributed by atoms with Crippen LogP contribution in [0.1, 0.15) is 30.3 Å². The van der Waals surface area contributed by atoms with Crippen molar-refractivity contribution in [1.29, 1.82) is 0 Å². The number of nitrogens with one attached hydrogen (secondary N) is 2. The largest absolute Gasteiger partial charge is 0.508 e. The van der Waals surface area contributed by atoms with E-state index in [9.17, 15) is 5.11 Å². The number of rotatable bonds is 8. The fourth-order valence-electron chi connectivity index (χ4n) is 2.66. The van der Waals surface area contributed by atoms with E-state index in [0.29, 0.717) is 12.3 Å². The average Bonchev–Trinajstić information content (AvgIpc) is 2.95. The van der Waals surface area contributed by atoms with Crippen LogP contribution in [0.15, 0.2) is 29.3 Å². The summed E-state index contributed by atoms with van der Waals surface area (Å²) in [7, 11) is 1.61. The van der Waals surface area contributed by atoms with Gasteiger partial charge in [-0.25, -0.2) is 4.99 Å². The zero-order chi connectivity index (χ0) is 18.9. The molecule has 7 heteroatoms. The first-order chi connectivity index (χ1) is 12.5. The Hall–Kier alpha value is -2.70. The van der Waals surface area contributed by atoms with Gasteiger partial charge >= 0.3 is 0 Å². The Morgan fingerprint density at radius 1 is 1.27 bits per heavy atom. The first kappa shape index (κ1) is 19.6. The molecule has 26 heavy (non-hydrogen) atoms. The molecule has 1 heterocycles. The predicted octanol–water partition coefficient (Wildman–Crippen LogP) is 2.36. The van der Waals surface area contributed by atoms with E-state index in [-0.39, 0.29) is 5.75 Å². The van der Waals surface area contributed by atoms with E-state index < -0.39 is 0 Å². The molecule has 2 rings (SSSR count). The monoisotopic (exact) mass is 359 g/mol. The van der Waals surface area contributed by atoms with Crippen LogP contribution in [0.2, 0.25) is 0 Å². The van der Waals surface area contributed by atoms with E-state index >= 15 is 0 Å². The maximum absolute atomic E-state index is 9.97. The number of phenolic OH excluding ortho intramolecular Hbond substituents is 1. The van der Waals surface area contributed by atoms with Gasteiger partial charge < -0.3 is 20.5 Å². The van der Waals surface area contributed by atoms with Crippen molar-refractivity contribution < 1.29 is 9.84 Å². The SMILES string of the molecule is CCNC(=NCc1cc(OC)ccc1O)NCCCn1nc(C)cc1C. The lowest BCUT2D eigenvalue weighted by Crippen LogP contribution is -2.38. The summed E-state index contributed by atoms with van der Waals surface area (Å²) in [4.78, 5) is 4.54. The van der Waals surface area contributed by atoms with Gasteiger partial charge in [-0.2, -0.15) is 5.10 Å². The third kappa shape index (κ3) is 5.68. The molecule has 0 radical (unpaired) electrons. The number of nitrogens with zero attached hydrogens (tertiary/aromatic N) is 3. The van der Waals surface area contributed by atoms with Gasteiger partial charge in [0.05, 0.1) is 19.3 Å². The number of hydrogen-bond acceptors (Lipinski definition) is 4. The van der Waals surface area contributed by atoms with E-state index in [0.717, 1.165) is 43.3 Å². The van der Waals surface area contributed by atoms with Gasteiger partial charge in [0.25, 0.3) is 0 Å². The maximum Gasteiger partial charge on any atom is 0.191 e. The van der Waals surface area contributed by atoms with E-state index in [1.807, 2.05) is 18.5 Å². The lowest BCUT2D eigenvalue weighted by Gasteiger charge is -2.12. The molecule has 2 aromatic rings. The molecule has 0 bridgehead atoms. The summed E-state index contributed by atoms with van der Waals surface area (Å²) in [6.07, 6.45) is 0.941. The van der Waals surface area contributed by atoms with Crippen molar-refractivity contribution in [3.8, 4) is 11.5 Å². The molecule has 0 aliphatic rings. The Labute approximate surface area is 155 Å². The van der Waals surface area contributed by atoms with Crippen molar-refractivity contribution in [2.45, 2.75) is 40.3 Å². The Morgan fingerprint density at radius 2 is 2.08 bits per heavy atom. The number of ether oxygens (including phenoxy) is 1. The van der Waals surface area contributed by atoms with Crippen LogP contribution in [0.4, 0.5) is 0 Å². The van der Waals surface area contributed by atoms with Crippen LogP contribution >= 0.6 is 0 Å². The minimum absolute atomic E-state index is 0.218. The summed E-state index contributed by atoms with van der Waals surface area (Å²) in [5.74, 6) is 1.65. The highest BCUT2D eigenvalue weighted by molar-refractivity contribution is 5.79. The van der Waals surface area contributed by atoms with Crippen LogP contribution in [0.25, 0.3) is 0 Å². The predicted molar refractivity (Wildman–Crippen MR) is 104 cm³/mol. The number of guanidine groups is 1. The summed E-state index contributed by atoms with van der Waals surface area (Å²) < 4.78 is 7.22. The Kier molecular flexibility index (Phi) is 7.32. The van der Waals surface area contributed by atoms with Crippen LogP contribution in [-0.2, 0) is 13.1 Å². The molecule has 0 spiro atoms. The van der Waals surface area contributed by atoms with E-state index in [2.05, 4.69) is 33.7 Å². The summed E-state index contributed by atoms with van der Waals surface area (Å²) in [5, 5.41) is 21.0. The number of benzene rings is 1. The standard InChI is InChI=1S/C19H29N5O2/c1-5-20-19(21-9-6-10-24-15(3)11-14(2)23-24)22-13-16-12-17(26-4)7-8-18(16)25/h7-8,11-12,25H,5-6,9-10,13H2,1-4H3,(H2,20,21,22). The molecule has 7 nitrogen and oxygen atoms in total. The molecule has 0 saturated carbocycles. The average molecular weight is 359 g/mol. The first-order valence-electron chi connectivity index (χ1n) is 8.92. The zero-order valence-corrected chi connectivity index (χ0v) is 16.0. The van der Waals surface area contributed by atoms with Gasteiger partial charge in [0.15, 0.2) is 5.96 Å². The van der Waals surface area contributed by atoms with Gasteiger partial charge in [0, 0.05) is 30.9 Å². The second kappa shape index (κ2) is 9.70. The molecule has 0 unspecified atom stereocenters. The van der Waals surface area contributed by atoms with Gasteiger partial charge in [0.2, 0.25) is 0 Å². The van der Waals surface area contributed by atoms with Gasteiger partial charge in [-0.1, -0.05) is 0 Å². The quantitative estimate of drug-likeness (QED) is 0.383. The third-order valence-electron chi connectivity index (χ3n) is 3.98. The van der Waals surface area contributed by atoms with E-state index in [1.165, 1.54) is 5.69 Å². The van der Waals surface area contributed by atoms with Gasteiger partial charge in [-0.05, 0) is 51.5 Å². The van der Waals surface area contributed by atoms with E-state index in [1.54, 1.807) is 25.3 Å². The van der Waals surface area contributed by atoms with Crippen molar-refractivity contribution in [2.24, 2.45) is 4.99 Å². The molecule has 1 aromatic heterocycles. The normalized spacial score (nSPS) is 11.5. The molecule has 0 aliphatic carbocycles. The number of phenols is 1. The number of aryl methyl sites for hydroxylation is 3. The smallest absolute Gasteiger partial charge is 0.191 e. The third-order valence-corrected chi connectivity index (χ3v) is 3.98. The molecule has 0 amide bonds. The number of methoxy groups -OCH3 is 1. The number of hydrogen-bond donors (Lipinski definition) is 3. The molecular weight excluding hydrogens is 330 g/mol. The van der Waals surface area contributed by atoms with Gasteiger partial charge in [-0.15, -0.1) is 0 Å². The molecule has 0 atom stereocenters. The lowest BCUT2D eigenvalue weighted by molar-refractivity contribution is 0.411. The molecule has 1 aromatic carbocycles. The minimum atomic E-state index is 0.218. The fourth-order valence-corrected chi connectivity index (χ4v) is 2.66. The molecule has 142 valence electrons. The highest BCUT2D eigenvalue weighted by Crippen LogP contribution is 2.23. The molecule has 0 aliphatic heterocycles. The van der Waals surface area contributed by atoms with Gasteiger partial charge in [-0.3, -0.25) is 4.68 Å². The van der Waals surface area contributed by atoms with Crippen LogP contribution in [0.5, 0.6) is 11.5 Å². The fraction of sp³-hybridized carbons (Fsp3) is 0.474. The lowest BCUT2D eigenvalue weighted by atomic mass is 10.2. The minimum Gasteiger partial charge on any atom is -0.508 e. The summed E-state index contributed by atoms with van der Waals surface area (Å²) in [6, 6.07) is 7.23. The van der Waals surface area contributed by atoms with Crippen LogP contribution in [-0.4, -0.2) is 41.0 Å². The Balaban J connectivity index is 1.89. The topological polar surface area (TPSA) is 83.7 Å². The van der Waals surface area contributed by atoms with Crippen molar-refractivity contribution in [1.82, 2.24) is 20.4 Å². The van der Waals surface area contributed by atoms with Crippen LogP contribution in [0, 0.1) is 13.8 Å². The van der Waals surface area contributed by atoms with Crippen molar-refractivity contribution >= 4 is 5.96 Å². The second-order valence-electron chi connectivity index (χ2n) is 6.12. The molecule has 0 saturated heterocycles. The Morgan fingerprint density at radius 3 is 2.73 bits per heavy atom. The van der Waals surface area contributed by atoms with Gasteiger partial charge in [0.1, 0.15) is 11.5 Å². The molecular formula is C19H29N5O2.